The Morgan fingerprint density at radius 2 is 1.94 bits per heavy atom. The van der Waals surface area contributed by atoms with Crippen LogP contribution < -0.4 is 10.6 Å². The number of cyclic esters (lactones) is 1. The van der Waals surface area contributed by atoms with Crippen molar-refractivity contribution < 1.29 is 14.6 Å². The van der Waals surface area contributed by atoms with Crippen LogP contribution in [-0.4, -0.2) is 37.7 Å². The Morgan fingerprint density at radius 1 is 1.18 bits per heavy atom. The molecular formula is C26H31N5O3. The summed E-state index contributed by atoms with van der Waals surface area (Å²) in [5, 5.41) is 19.5. The zero-order chi connectivity index (χ0) is 24.3. The summed E-state index contributed by atoms with van der Waals surface area (Å²) in [7, 11) is 0. The third-order valence-corrected chi connectivity index (χ3v) is 7.17. The van der Waals surface area contributed by atoms with Gasteiger partial charge in [0.25, 0.3) is 0 Å². The highest BCUT2D eigenvalue weighted by Gasteiger charge is 2.40. The molecule has 2 aliphatic rings. The van der Waals surface area contributed by atoms with Gasteiger partial charge in [0.2, 0.25) is 0 Å². The molecule has 1 fully saturated rings. The molecule has 0 aromatic carbocycles. The molecule has 8 heteroatoms. The molecule has 178 valence electrons. The molecule has 5 rings (SSSR count). The van der Waals surface area contributed by atoms with Crippen molar-refractivity contribution in [3.63, 3.8) is 0 Å². The van der Waals surface area contributed by atoms with Crippen LogP contribution in [0.1, 0.15) is 81.4 Å². The fourth-order valence-corrected chi connectivity index (χ4v) is 4.25. The molecule has 3 N–H and O–H groups in total. The van der Waals surface area contributed by atoms with E-state index < -0.39 is 11.2 Å². The van der Waals surface area contributed by atoms with Crippen molar-refractivity contribution in [2.75, 3.05) is 10.6 Å². The lowest BCUT2D eigenvalue weighted by Crippen LogP contribution is -2.39. The molecule has 0 bridgehead atoms. The highest BCUT2D eigenvalue weighted by atomic mass is 16.6. The van der Waals surface area contributed by atoms with Crippen LogP contribution >= 0.6 is 0 Å². The van der Waals surface area contributed by atoms with Gasteiger partial charge in [-0.15, -0.1) is 0 Å². The van der Waals surface area contributed by atoms with Crippen molar-refractivity contribution >= 4 is 34.2 Å². The molecule has 0 spiro atoms. The molecule has 1 aliphatic carbocycles. The van der Waals surface area contributed by atoms with Crippen molar-refractivity contribution in [3.8, 4) is 0 Å². The van der Waals surface area contributed by atoms with Crippen LogP contribution in [0.15, 0.2) is 30.6 Å². The second kappa shape index (κ2) is 7.91. The van der Waals surface area contributed by atoms with Gasteiger partial charge < -0.3 is 20.5 Å². The predicted molar refractivity (Wildman–Crippen MR) is 131 cm³/mol. The molecule has 4 heterocycles. The van der Waals surface area contributed by atoms with Gasteiger partial charge in [0, 0.05) is 35.3 Å². The van der Waals surface area contributed by atoms with Gasteiger partial charge in [-0.3, -0.25) is 0 Å². The van der Waals surface area contributed by atoms with Crippen LogP contribution in [0.3, 0.4) is 0 Å². The Hall–Kier alpha value is -3.26. The van der Waals surface area contributed by atoms with Crippen molar-refractivity contribution in [1.29, 1.82) is 0 Å². The molecular weight excluding hydrogens is 430 g/mol. The average Bonchev–Trinajstić information content (AvgIpc) is 3.61. The largest absolute Gasteiger partial charge is 0.455 e. The third kappa shape index (κ3) is 3.96. The van der Waals surface area contributed by atoms with Crippen molar-refractivity contribution in [3.05, 3.63) is 47.4 Å². The number of rotatable bonds is 6. The Kier molecular flexibility index (Phi) is 5.24. The molecule has 1 aliphatic heterocycles. The maximum atomic E-state index is 12.4. The number of esters is 1. The number of aliphatic hydroxyl groups is 1. The lowest BCUT2D eigenvalue weighted by Gasteiger charge is -2.36. The van der Waals surface area contributed by atoms with Crippen molar-refractivity contribution in [2.45, 2.75) is 77.0 Å². The van der Waals surface area contributed by atoms with E-state index >= 15 is 0 Å². The van der Waals surface area contributed by atoms with E-state index in [0.717, 1.165) is 35.0 Å². The number of fused-ring (bicyclic) bond motifs is 2. The second-order valence-corrected chi connectivity index (χ2v) is 10.2. The van der Waals surface area contributed by atoms with E-state index in [1.165, 1.54) is 0 Å². The number of nitrogens with one attached hydrogen (secondary N) is 2. The summed E-state index contributed by atoms with van der Waals surface area (Å²) in [5.41, 5.74) is 0.310. The van der Waals surface area contributed by atoms with Gasteiger partial charge >= 0.3 is 5.97 Å². The number of pyridine rings is 3. The number of hydrogen-bond acceptors (Lipinski definition) is 8. The van der Waals surface area contributed by atoms with Crippen LogP contribution in [0.5, 0.6) is 0 Å². The van der Waals surface area contributed by atoms with E-state index in [1.807, 2.05) is 33.8 Å². The van der Waals surface area contributed by atoms with Crippen LogP contribution in [0, 0.1) is 0 Å². The summed E-state index contributed by atoms with van der Waals surface area (Å²) in [6, 6.07) is 5.88. The van der Waals surface area contributed by atoms with Crippen LogP contribution in [0.25, 0.3) is 10.8 Å². The third-order valence-electron chi connectivity index (χ3n) is 7.17. The Morgan fingerprint density at radius 3 is 2.65 bits per heavy atom. The molecule has 1 unspecified atom stereocenters. The first kappa shape index (κ1) is 22.5. The van der Waals surface area contributed by atoms with Crippen LogP contribution in [0.4, 0.5) is 17.5 Å². The summed E-state index contributed by atoms with van der Waals surface area (Å²) in [5.74, 6) is 1.57. The molecule has 8 nitrogen and oxygen atoms in total. The lowest BCUT2D eigenvalue weighted by atomic mass is 9.84. The summed E-state index contributed by atoms with van der Waals surface area (Å²) >= 11 is 0. The maximum absolute atomic E-state index is 12.4. The predicted octanol–water partition coefficient (Wildman–Crippen LogP) is 5.01. The smallest absolute Gasteiger partial charge is 0.340 e. The lowest BCUT2D eigenvalue weighted by molar-refractivity contribution is -0.0189. The molecule has 2 atom stereocenters. The van der Waals surface area contributed by atoms with E-state index in [2.05, 4.69) is 20.6 Å². The first-order valence-electron chi connectivity index (χ1n) is 11.9. The van der Waals surface area contributed by atoms with E-state index in [9.17, 15) is 9.90 Å². The Labute approximate surface area is 199 Å². The molecule has 3 aromatic heterocycles. The average molecular weight is 462 g/mol. The molecule has 3 aromatic rings. The SMILES string of the molecule is CCC(C)(O)c1cnc(NC2CC2)c2cnc(Nc3ccc4c(n3)[C@@H](C)C(C)(C)OC4=O)cc12. The maximum Gasteiger partial charge on any atom is 0.340 e. The van der Waals surface area contributed by atoms with Gasteiger partial charge in [0.1, 0.15) is 23.1 Å². The molecule has 34 heavy (non-hydrogen) atoms. The minimum absolute atomic E-state index is 0.0557. The summed E-state index contributed by atoms with van der Waals surface area (Å²) < 4.78 is 5.57. The zero-order valence-electron chi connectivity index (χ0n) is 20.3. The summed E-state index contributed by atoms with van der Waals surface area (Å²) in [4.78, 5) is 26.4. The summed E-state index contributed by atoms with van der Waals surface area (Å²) in [6.07, 6.45) is 6.37. The molecule has 0 saturated heterocycles. The number of aromatic nitrogens is 3. The minimum Gasteiger partial charge on any atom is -0.455 e. The number of carbonyl (C=O) groups is 1. The van der Waals surface area contributed by atoms with Gasteiger partial charge in [0.15, 0.2) is 0 Å². The fraction of sp³-hybridized carbons (Fsp3) is 0.462. The van der Waals surface area contributed by atoms with Gasteiger partial charge in [-0.1, -0.05) is 13.8 Å². The van der Waals surface area contributed by atoms with Gasteiger partial charge in [-0.2, -0.15) is 0 Å². The Bertz CT molecular complexity index is 1280. The standard InChI is InChI=1S/C26H31N5O3/c1-6-26(5,33)19-13-28-23(29-15-7-8-15)18-12-27-21(11-17(18)19)30-20-10-9-16-22(31-20)14(2)25(3,4)34-24(16)32/h9-15,33H,6-8H2,1-5H3,(H,28,29)(H,27,30,31)/t14-,26?/m1/s1. The number of nitrogens with zero attached hydrogens (tertiary/aromatic N) is 3. The quantitative estimate of drug-likeness (QED) is 0.440. The van der Waals surface area contributed by atoms with Crippen molar-refractivity contribution in [2.24, 2.45) is 0 Å². The normalized spacial score (nSPS) is 20.9. The second-order valence-electron chi connectivity index (χ2n) is 10.2. The topological polar surface area (TPSA) is 109 Å². The number of carbonyl (C=O) groups excluding carboxylic acids is 1. The van der Waals surface area contributed by atoms with E-state index in [0.29, 0.717) is 35.4 Å². The first-order valence-corrected chi connectivity index (χ1v) is 11.9. The van der Waals surface area contributed by atoms with E-state index in [-0.39, 0.29) is 11.9 Å². The molecule has 0 radical (unpaired) electrons. The highest BCUT2D eigenvalue weighted by molar-refractivity contribution is 5.96. The van der Waals surface area contributed by atoms with Crippen molar-refractivity contribution in [1.82, 2.24) is 15.0 Å². The number of anilines is 3. The van der Waals surface area contributed by atoms with Gasteiger partial charge in [-0.25, -0.2) is 19.7 Å². The molecule has 1 saturated carbocycles. The minimum atomic E-state index is -1.02. The fourth-order valence-electron chi connectivity index (χ4n) is 4.25. The van der Waals surface area contributed by atoms with Gasteiger partial charge in [0.05, 0.1) is 16.9 Å². The summed E-state index contributed by atoms with van der Waals surface area (Å²) in [6.45, 7) is 9.56. The molecule has 0 amide bonds. The zero-order valence-corrected chi connectivity index (χ0v) is 20.3. The van der Waals surface area contributed by atoms with E-state index in [4.69, 9.17) is 9.72 Å². The first-order chi connectivity index (χ1) is 16.1. The van der Waals surface area contributed by atoms with Crippen LogP contribution in [-0.2, 0) is 10.3 Å². The van der Waals surface area contributed by atoms with E-state index in [1.54, 1.807) is 31.5 Å². The monoisotopic (exact) mass is 461 g/mol. The number of hydrogen-bond donors (Lipinski definition) is 3. The number of ether oxygens (including phenoxy) is 1. The highest BCUT2D eigenvalue weighted by Crippen LogP contribution is 2.39. The Balaban J connectivity index is 1.54. The van der Waals surface area contributed by atoms with Crippen LogP contribution in [0.2, 0.25) is 0 Å². The van der Waals surface area contributed by atoms with Gasteiger partial charge in [-0.05, 0) is 63.6 Å².